The van der Waals surface area contributed by atoms with E-state index in [0.29, 0.717) is 24.7 Å². The number of hydrogen-bond donors (Lipinski definition) is 0. The van der Waals surface area contributed by atoms with Gasteiger partial charge in [-0.15, -0.1) is 0 Å². The third-order valence-electron chi connectivity index (χ3n) is 5.95. The zero-order valence-corrected chi connectivity index (χ0v) is 18.9. The molecule has 0 aliphatic carbocycles. The van der Waals surface area contributed by atoms with Crippen LogP contribution in [0.1, 0.15) is 60.2 Å². The number of hydrogen-bond acceptors (Lipinski definition) is 5. The Hall–Kier alpha value is -3.12. The molecule has 6 nitrogen and oxygen atoms in total. The molecule has 0 N–H and O–H groups in total. The molecule has 168 valence electrons. The molecule has 4 rings (SSSR count). The standard InChI is InChI=1S/C26H31N3O3/c1-3-31-23-13-11-21(12-14-23)17-29(20(2)22-9-5-4-6-10-22)18-25-27-24(19-32-25)26(30)28-15-7-8-16-28/h4-6,9-14,19-20H,3,7-8,15-18H2,1-2H3. The highest BCUT2D eigenvalue weighted by Crippen LogP contribution is 2.25. The van der Waals surface area contributed by atoms with Crippen LogP contribution in [0.4, 0.5) is 0 Å². The Labute approximate surface area is 189 Å². The molecule has 1 atom stereocenters. The molecule has 1 saturated heterocycles. The minimum atomic E-state index is -0.0355. The number of amides is 1. The molecule has 1 aliphatic rings. The second-order valence-electron chi connectivity index (χ2n) is 8.19. The van der Waals surface area contributed by atoms with Crippen LogP contribution in [0.2, 0.25) is 0 Å². The summed E-state index contributed by atoms with van der Waals surface area (Å²) in [4.78, 5) is 21.3. The molecule has 1 unspecified atom stereocenters. The number of aromatic nitrogens is 1. The zero-order valence-electron chi connectivity index (χ0n) is 18.9. The molecular weight excluding hydrogens is 402 g/mol. The van der Waals surface area contributed by atoms with Crippen LogP contribution in [0.3, 0.4) is 0 Å². The Bertz CT molecular complexity index is 995. The van der Waals surface area contributed by atoms with Gasteiger partial charge in [0.25, 0.3) is 5.91 Å². The van der Waals surface area contributed by atoms with Crippen molar-refractivity contribution in [2.75, 3.05) is 19.7 Å². The van der Waals surface area contributed by atoms with E-state index in [4.69, 9.17) is 9.15 Å². The highest BCUT2D eigenvalue weighted by Gasteiger charge is 2.24. The maximum absolute atomic E-state index is 12.7. The number of rotatable bonds is 9. The molecule has 32 heavy (non-hydrogen) atoms. The van der Waals surface area contributed by atoms with Crippen LogP contribution >= 0.6 is 0 Å². The average molecular weight is 434 g/mol. The monoisotopic (exact) mass is 433 g/mol. The Kier molecular flexibility index (Phi) is 7.22. The smallest absolute Gasteiger partial charge is 0.275 e. The van der Waals surface area contributed by atoms with Crippen LogP contribution in [-0.4, -0.2) is 40.4 Å². The van der Waals surface area contributed by atoms with Crippen molar-refractivity contribution >= 4 is 5.91 Å². The summed E-state index contributed by atoms with van der Waals surface area (Å²) in [6.45, 7) is 7.65. The van der Waals surface area contributed by atoms with E-state index in [1.807, 2.05) is 30.0 Å². The molecule has 1 aromatic heterocycles. The number of ether oxygens (including phenoxy) is 1. The van der Waals surface area contributed by atoms with E-state index >= 15 is 0 Å². The summed E-state index contributed by atoms with van der Waals surface area (Å²) < 4.78 is 11.3. The first-order valence-corrected chi connectivity index (χ1v) is 11.4. The predicted octanol–water partition coefficient (Wildman–Crippen LogP) is 5.07. The van der Waals surface area contributed by atoms with Crippen molar-refractivity contribution in [1.82, 2.24) is 14.8 Å². The lowest BCUT2D eigenvalue weighted by atomic mass is 10.1. The maximum atomic E-state index is 12.7. The minimum absolute atomic E-state index is 0.0355. The van der Waals surface area contributed by atoms with Crippen molar-refractivity contribution in [3.63, 3.8) is 0 Å². The number of carbonyl (C=O) groups excluding carboxylic acids is 1. The van der Waals surface area contributed by atoms with Crippen LogP contribution in [0, 0.1) is 0 Å². The Balaban J connectivity index is 1.52. The third kappa shape index (κ3) is 5.37. The van der Waals surface area contributed by atoms with Gasteiger partial charge in [-0.05, 0) is 49.9 Å². The second kappa shape index (κ2) is 10.5. The highest BCUT2D eigenvalue weighted by atomic mass is 16.5. The second-order valence-corrected chi connectivity index (χ2v) is 8.19. The lowest BCUT2D eigenvalue weighted by molar-refractivity contribution is 0.0787. The minimum Gasteiger partial charge on any atom is -0.494 e. The molecule has 0 spiro atoms. The van der Waals surface area contributed by atoms with Crippen molar-refractivity contribution in [2.45, 2.75) is 45.8 Å². The van der Waals surface area contributed by atoms with E-state index in [9.17, 15) is 4.79 Å². The highest BCUT2D eigenvalue weighted by molar-refractivity contribution is 5.92. The molecule has 0 saturated carbocycles. The quantitative estimate of drug-likeness (QED) is 0.471. The van der Waals surface area contributed by atoms with Crippen molar-refractivity contribution in [2.24, 2.45) is 0 Å². The molecule has 0 bridgehead atoms. The van der Waals surface area contributed by atoms with Crippen LogP contribution in [-0.2, 0) is 13.1 Å². The Morgan fingerprint density at radius 1 is 1.09 bits per heavy atom. The fourth-order valence-corrected chi connectivity index (χ4v) is 4.10. The summed E-state index contributed by atoms with van der Waals surface area (Å²) in [5.41, 5.74) is 2.80. The van der Waals surface area contributed by atoms with Gasteiger partial charge in [0, 0.05) is 25.7 Å². The fourth-order valence-electron chi connectivity index (χ4n) is 4.10. The van der Waals surface area contributed by atoms with Gasteiger partial charge in [-0.25, -0.2) is 4.98 Å². The van der Waals surface area contributed by atoms with Gasteiger partial charge >= 0.3 is 0 Å². The number of carbonyl (C=O) groups is 1. The fraction of sp³-hybridized carbons (Fsp3) is 0.385. The van der Waals surface area contributed by atoms with Gasteiger partial charge < -0.3 is 14.1 Å². The van der Waals surface area contributed by atoms with E-state index < -0.39 is 0 Å². The first kappa shape index (κ1) is 22.1. The normalized spacial score (nSPS) is 14.7. The van der Waals surface area contributed by atoms with Crippen molar-refractivity contribution < 1.29 is 13.9 Å². The maximum Gasteiger partial charge on any atom is 0.275 e. The van der Waals surface area contributed by atoms with E-state index in [2.05, 4.69) is 53.2 Å². The topological polar surface area (TPSA) is 58.8 Å². The lowest BCUT2D eigenvalue weighted by Gasteiger charge is -2.28. The number of oxazole rings is 1. The van der Waals surface area contributed by atoms with Gasteiger partial charge in [0.1, 0.15) is 12.0 Å². The van der Waals surface area contributed by atoms with Crippen LogP contribution in [0.25, 0.3) is 0 Å². The summed E-state index contributed by atoms with van der Waals surface area (Å²) in [7, 11) is 0. The largest absolute Gasteiger partial charge is 0.494 e. The van der Waals surface area contributed by atoms with Crippen molar-refractivity contribution in [3.8, 4) is 5.75 Å². The van der Waals surface area contributed by atoms with Gasteiger partial charge in [0.15, 0.2) is 5.69 Å². The Morgan fingerprint density at radius 3 is 2.50 bits per heavy atom. The number of nitrogens with zero attached hydrogens (tertiary/aromatic N) is 3. The van der Waals surface area contributed by atoms with Crippen LogP contribution < -0.4 is 4.74 Å². The number of benzene rings is 2. The molecule has 2 aromatic carbocycles. The van der Waals surface area contributed by atoms with Gasteiger partial charge in [0.05, 0.1) is 13.2 Å². The van der Waals surface area contributed by atoms with E-state index in [-0.39, 0.29) is 11.9 Å². The zero-order chi connectivity index (χ0) is 22.3. The molecule has 2 heterocycles. The molecule has 6 heteroatoms. The first-order chi connectivity index (χ1) is 15.6. The SMILES string of the molecule is CCOc1ccc(CN(Cc2nc(C(=O)N3CCCC3)co2)C(C)c2ccccc2)cc1. The van der Waals surface area contributed by atoms with E-state index in [0.717, 1.165) is 38.2 Å². The molecule has 0 radical (unpaired) electrons. The van der Waals surface area contributed by atoms with Gasteiger partial charge in [0.2, 0.25) is 5.89 Å². The van der Waals surface area contributed by atoms with Crippen LogP contribution in [0.5, 0.6) is 5.75 Å². The molecule has 1 amide bonds. The molecule has 1 fully saturated rings. The molecule has 3 aromatic rings. The van der Waals surface area contributed by atoms with E-state index in [1.54, 1.807) is 0 Å². The first-order valence-electron chi connectivity index (χ1n) is 11.4. The van der Waals surface area contributed by atoms with Crippen molar-refractivity contribution in [1.29, 1.82) is 0 Å². The lowest BCUT2D eigenvalue weighted by Crippen LogP contribution is -2.28. The third-order valence-corrected chi connectivity index (χ3v) is 5.95. The van der Waals surface area contributed by atoms with Gasteiger partial charge in [-0.2, -0.15) is 0 Å². The average Bonchev–Trinajstić information content (AvgIpc) is 3.52. The van der Waals surface area contributed by atoms with Gasteiger partial charge in [-0.1, -0.05) is 42.5 Å². The van der Waals surface area contributed by atoms with Gasteiger partial charge in [-0.3, -0.25) is 9.69 Å². The number of likely N-dealkylation sites (tertiary alicyclic amines) is 1. The Morgan fingerprint density at radius 2 is 1.81 bits per heavy atom. The summed E-state index contributed by atoms with van der Waals surface area (Å²) in [5, 5.41) is 0. The summed E-state index contributed by atoms with van der Waals surface area (Å²) in [5.74, 6) is 1.39. The summed E-state index contributed by atoms with van der Waals surface area (Å²) >= 11 is 0. The summed E-state index contributed by atoms with van der Waals surface area (Å²) in [6.07, 6.45) is 3.61. The summed E-state index contributed by atoms with van der Waals surface area (Å²) in [6, 6.07) is 18.7. The predicted molar refractivity (Wildman–Crippen MR) is 123 cm³/mol. The molecule has 1 aliphatic heterocycles. The molecular formula is C26H31N3O3. The van der Waals surface area contributed by atoms with E-state index in [1.165, 1.54) is 17.4 Å². The van der Waals surface area contributed by atoms with Crippen LogP contribution in [0.15, 0.2) is 65.3 Å². The van der Waals surface area contributed by atoms with Crippen molar-refractivity contribution in [3.05, 3.63) is 83.6 Å².